The minimum atomic E-state index is -0.217. The third-order valence-corrected chi connectivity index (χ3v) is 5.30. The standard InChI is InChI=1S/C20H19NO5S2/c1-4-26-14-7-5-13(6-8-14)21-19(23)17(28-20(21)27)11-12-9-15(24-2)18(22)16(10-12)25-3/h5-11,22H,4H2,1-3H3/b17-11+. The predicted molar refractivity (Wildman–Crippen MR) is 114 cm³/mol. The van der Waals surface area contributed by atoms with Crippen LogP contribution in [0.2, 0.25) is 0 Å². The highest BCUT2D eigenvalue weighted by molar-refractivity contribution is 8.27. The van der Waals surface area contributed by atoms with Gasteiger partial charge in [0.2, 0.25) is 5.75 Å². The van der Waals surface area contributed by atoms with E-state index in [1.54, 1.807) is 42.5 Å². The lowest BCUT2D eigenvalue weighted by Gasteiger charge is -2.15. The highest BCUT2D eigenvalue weighted by Crippen LogP contribution is 2.40. The number of phenols is 1. The van der Waals surface area contributed by atoms with Crippen LogP contribution in [0.1, 0.15) is 12.5 Å². The quantitative estimate of drug-likeness (QED) is 0.558. The van der Waals surface area contributed by atoms with Gasteiger partial charge in [0.15, 0.2) is 15.8 Å². The fraction of sp³-hybridized carbons (Fsp3) is 0.200. The van der Waals surface area contributed by atoms with Crippen molar-refractivity contribution >= 4 is 46.0 Å². The third kappa shape index (κ3) is 3.93. The van der Waals surface area contributed by atoms with Crippen molar-refractivity contribution < 1.29 is 24.1 Å². The SMILES string of the molecule is CCOc1ccc(N2C(=O)/C(=C\c3cc(OC)c(O)c(OC)c3)SC2=S)cc1. The zero-order chi connectivity index (χ0) is 20.3. The van der Waals surface area contributed by atoms with E-state index >= 15 is 0 Å². The number of thioether (sulfide) groups is 1. The summed E-state index contributed by atoms with van der Waals surface area (Å²) in [4.78, 5) is 14.9. The van der Waals surface area contributed by atoms with Crippen molar-refractivity contribution in [2.24, 2.45) is 0 Å². The lowest BCUT2D eigenvalue weighted by molar-refractivity contribution is -0.113. The molecule has 8 heteroatoms. The lowest BCUT2D eigenvalue weighted by atomic mass is 10.1. The molecule has 146 valence electrons. The van der Waals surface area contributed by atoms with E-state index in [2.05, 4.69) is 0 Å². The number of methoxy groups -OCH3 is 2. The van der Waals surface area contributed by atoms with Gasteiger partial charge in [-0.2, -0.15) is 0 Å². The summed E-state index contributed by atoms with van der Waals surface area (Å²) in [5, 5.41) is 10.0. The van der Waals surface area contributed by atoms with Gasteiger partial charge in [-0.25, -0.2) is 0 Å². The molecule has 2 aromatic carbocycles. The largest absolute Gasteiger partial charge is 0.502 e. The molecule has 0 aliphatic carbocycles. The maximum absolute atomic E-state index is 12.9. The van der Waals surface area contributed by atoms with Crippen molar-refractivity contribution in [1.29, 1.82) is 0 Å². The maximum Gasteiger partial charge on any atom is 0.270 e. The topological polar surface area (TPSA) is 68.2 Å². The highest BCUT2D eigenvalue weighted by Gasteiger charge is 2.33. The molecule has 0 spiro atoms. The molecule has 1 aliphatic heterocycles. The van der Waals surface area contributed by atoms with E-state index in [0.717, 1.165) is 5.75 Å². The number of hydrogen-bond donors (Lipinski definition) is 1. The van der Waals surface area contributed by atoms with Crippen LogP contribution < -0.4 is 19.1 Å². The summed E-state index contributed by atoms with van der Waals surface area (Å²) in [6.45, 7) is 2.48. The van der Waals surface area contributed by atoms with Crippen LogP contribution in [0.25, 0.3) is 6.08 Å². The maximum atomic E-state index is 12.9. The Kier molecular flexibility index (Phi) is 6.11. The molecule has 3 rings (SSSR count). The van der Waals surface area contributed by atoms with Gasteiger partial charge in [0, 0.05) is 0 Å². The van der Waals surface area contributed by atoms with Crippen LogP contribution in [0.3, 0.4) is 0 Å². The first-order valence-corrected chi connectivity index (χ1v) is 9.66. The van der Waals surface area contributed by atoms with E-state index in [4.69, 9.17) is 26.4 Å². The van der Waals surface area contributed by atoms with Gasteiger partial charge in [0.05, 0.1) is 31.4 Å². The molecule has 0 aromatic heterocycles. The molecule has 6 nitrogen and oxygen atoms in total. The molecule has 0 bridgehead atoms. The number of benzene rings is 2. The molecule has 1 amide bonds. The number of nitrogens with zero attached hydrogens (tertiary/aromatic N) is 1. The fourth-order valence-electron chi connectivity index (χ4n) is 2.70. The zero-order valence-corrected chi connectivity index (χ0v) is 17.2. The van der Waals surface area contributed by atoms with Crippen LogP contribution in [-0.4, -0.2) is 36.2 Å². The second kappa shape index (κ2) is 8.53. The van der Waals surface area contributed by atoms with Crippen molar-refractivity contribution in [3.8, 4) is 23.0 Å². The Morgan fingerprint density at radius 1 is 1.14 bits per heavy atom. The number of thiocarbonyl (C=S) groups is 1. The zero-order valence-electron chi connectivity index (χ0n) is 15.6. The van der Waals surface area contributed by atoms with Gasteiger partial charge in [-0.05, 0) is 55.0 Å². The van der Waals surface area contributed by atoms with Crippen LogP contribution in [0.4, 0.5) is 5.69 Å². The monoisotopic (exact) mass is 417 g/mol. The predicted octanol–water partition coefficient (Wildman–Crippen LogP) is 4.21. The number of phenolic OH excluding ortho intramolecular Hbond substituents is 1. The first-order chi connectivity index (χ1) is 13.5. The van der Waals surface area contributed by atoms with Crippen LogP contribution in [0.5, 0.6) is 23.0 Å². The molecule has 1 heterocycles. The van der Waals surface area contributed by atoms with Crippen LogP contribution in [0.15, 0.2) is 41.3 Å². The van der Waals surface area contributed by atoms with Crippen molar-refractivity contribution in [2.75, 3.05) is 25.7 Å². The molecule has 0 saturated carbocycles. The molecule has 0 unspecified atom stereocenters. The fourth-order valence-corrected chi connectivity index (χ4v) is 4.00. The van der Waals surface area contributed by atoms with Gasteiger partial charge in [-0.3, -0.25) is 9.69 Å². The van der Waals surface area contributed by atoms with Crippen molar-refractivity contribution in [3.63, 3.8) is 0 Å². The van der Waals surface area contributed by atoms with Gasteiger partial charge < -0.3 is 19.3 Å². The van der Waals surface area contributed by atoms with Gasteiger partial charge >= 0.3 is 0 Å². The molecular formula is C20H19NO5S2. The molecule has 1 N–H and O–H groups in total. The number of rotatable bonds is 6. The Balaban J connectivity index is 1.91. The summed E-state index contributed by atoms with van der Waals surface area (Å²) in [7, 11) is 2.90. The van der Waals surface area contributed by atoms with Gasteiger partial charge in [0.25, 0.3) is 5.91 Å². The van der Waals surface area contributed by atoms with Crippen LogP contribution in [-0.2, 0) is 4.79 Å². The number of aromatic hydroxyl groups is 1. The van der Waals surface area contributed by atoms with E-state index < -0.39 is 0 Å². The van der Waals surface area contributed by atoms with E-state index in [-0.39, 0.29) is 23.2 Å². The number of anilines is 1. The molecule has 0 atom stereocenters. The van der Waals surface area contributed by atoms with E-state index in [9.17, 15) is 9.90 Å². The van der Waals surface area contributed by atoms with Crippen molar-refractivity contribution in [1.82, 2.24) is 0 Å². The van der Waals surface area contributed by atoms with Crippen LogP contribution in [0, 0.1) is 0 Å². The second-order valence-electron chi connectivity index (χ2n) is 5.72. The number of carbonyl (C=O) groups is 1. The Bertz CT molecular complexity index is 915. The molecule has 0 radical (unpaired) electrons. The van der Waals surface area contributed by atoms with Gasteiger partial charge in [-0.1, -0.05) is 24.0 Å². The minimum Gasteiger partial charge on any atom is -0.502 e. The van der Waals surface area contributed by atoms with Gasteiger partial charge in [0.1, 0.15) is 5.75 Å². The van der Waals surface area contributed by atoms with Gasteiger partial charge in [-0.15, -0.1) is 0 Å². The van der Waals surface area contributed by atoms with Crippen molar-refractivity contribution in [3.05, 3.63) is 46.9 Å². The molecule has 1 fully saturated rings. The van der Waals surface area contributed by atoms with E-state index in [1.807, 2.05) is 6.92 Å². The van der Waals surface area contributed by atoms with Crippen LogP contribution >= 0.6 is 24.0 Å². The van der Waals surface area contributed by atoms with Crippen molar-refractivity contribution in [2.45, 2.75) is 6.92 Å². The van der Waals surface area contributed by atoms with E-state index in [0.29, 0.717) is 27.1 Å². The minimum absolute atomic E-state index is 0.0934. The Morgan fingerprint density at radius 3 is 2.29 bits per heavy atom. The Labute approximate surface area is 172 Å². The van der Waals surface area contributed by atoms with E-state index in [1.165, 1.54) is 30.9 Å². The lowest BCUT2D eigenvalue weighted by Crippen LogP contribution is -2.27. The Morgan fingerprint density at radius 2 is 1.75 bits per heavy atom. The summed E-state index contributed by atoms with van der Waals surface area (Å²) in [6.07, 6.45) is 1.69. The second-order valence-corrected chi connectivity index (χ2v) is 7.39. The number of amides is 1. The summed E-state index contributed by atoms with van der Waals surface area (Å²) >= 11 is 6.61. The summed E-state index contributed by atoms with van der Waals surface area (Å²) in [5.74, 6) is 0.935. The summed E-state index contributed by atoms with van der Waals surface area (Å²) in [6, 6.07) is 10.5. The molecule has 28 heavy (non-hydrogen) atoms. The Hall–Kier alpha value is -2.71. The molecule has 1 saturated heterocycles. The smallest absolute Gasteiger partial charge is 0.270 e. The number of carbonyl (C=O) groups excluding carboxylic acids is 1. The average molecular weight is 418 g/mol. The summed E-state index contributed by atoms with van der Waals surface area (Å²) < 4.78 is 16.2. The molecular weight excluding hydrogens is 398 g/mol. The average Bonchev–Trinajstić information content (AvgIpc) is 2.97. The molecule has 2 aromatic rings. The first kappa shape index (κ1) is 20.0. The summed E-state index contributed by atoms with van der Waals surface area (Å²) in [5.41, 5.74) is 1.33. The number of hydrogen-bond acceptors (Lipinski definition) is 7. The molecule has 1 aliphatic rings. The highest BCUT2D eigenvalue weighted by atomic mass is 32.2. The first-order valence-electron chi connectivity index (χ1n) is 8.44. The third-order valence-electron chi connectivity index (χ3n) is 4.00. The number of ether oxygens (including phenoxy) is 3. The normalized spacial score (nSPS) is 15.2.